The zero-order valence-electron chi connectivity index (χ0n) is 14.5. The van der Waals surface area contributed by atoms with E-state index in [-0.39, 0.29) is 0 Å². The number of fused-ring (bicyclic) bond motifs is 2. The van der Waals surface area contributed by atoms with Gasteiger partial charge in [-0.25, -0.2) is 13.8 Å². The average molecular weight is 395 g/mol. The molecule has 0 aliphatic heterocycles. The van der Waals surface area contributed by atoms with Crippen LogP contribution in [0, 0.1) is 11.6 Å². The van der Waals surface area contributed by atoms with E-state index >= 15 is 0 Å². The van der Waals surface area contributed by atoms with Crippen molar-refractivity contribution in [3.8, 4) is 11.4 Å². The number of rotatable bonds is 3. The Balaban J connectivity index is 1.75. The summed E-state index contributed by atoms with van der Waals surface area (Å²) in [5.74, 6) is -1.08. The van der Waals surface area contributed by atoms with Crippen molar-refractivity contribution in [2.24, 2.45) is 0 Å². The van der Waals surface area contributed by atoms with E-state index in [0.29, 0.717) is 28.5 Å². The molecule has 5 aromatic rings. The van der Waals surface area contributed by atoms with Gasteiger partial charge in [0.15, 0.2) is 11.6 Å². The van der Waals surface area contributed by atoms with Crippen molar-refractivity contribution < 1.29 is 13.2 Å². The van der Waals surface area contributed by atoms with Crippen molar-refractivity contribution in [1.29, 1.82) is 0 Å². The van der Waals surface area contributed by atoms with Crippen LogP contribution in [0.25, 0.3) is 33.4 Å². The summed E-state index contributed by atoms with van der Waals surface area (Å²) >= 11 is 6.14. The van der Waals surface area contributed by atoms with E-state index in [0.717, 1.165) is 28.1 Å². The van der Waals surface area contributed by atoms with Crippen LogP contribution in [0.2, 0.25) is 5.02 Å². The Morgan fingerprint density at radius 3 is 2.71 bits per heavy atom. The molecule has 0 aliphatic carbocycles. The summed E-state index contributed by atoms with van der Waals surface area (Å²) in [5, 5.41) is 1.54. The molecule has 5 rings (SSSR count). The first-order valence-corrected chi connectivity index (χ1v) is 9.04. The fourth-order valence-electron chi connectivity index (χ4n) is 3.46. The molecule has 28 heavy (non-hydrogen) atoms. The summed E-state index contributed by atoms with van der Waals surface area (Å²) in [6.07, 6.45) is 1.63. The number of hydrogen-bond donors (Lipinski definition) is 0. The Hall–Kier alpha value is -3.18. The number of hydrogen-bond acceptors (Lipinski definition) is 2. The molecule has 138 valence electrons. The van der Waals surface area contributed by atoms with Crippen LogP contribution in [-0.4, -0.2) is 9.55 Å². The number of benzene rings is 3. The molecular weight excluding hydrogens is 382 g/mol. The first-order valence-electron chi connectivity index (χ1n) is 8.66. The third-order valence-electron chi connectivity index (χ3n) is 4.75. The van der Waals surface area contributed by atoms with Crippen molar-refractivity contribution in [2.75, 3.05) is 0 Å². The summed E-state index contributed by atoms with van der Waals surface area (Å²) in [6.45, 7) is 0.321. The van der Waals surface area contributed by atoms with Crippen LogP contribution in [0.4, 0.5) is 8.78 Å². The first kappa shape index (κ1) is 17.0. The molecule has 0 bridgehead atoms. The van der Waals surface area contributed by atoms with Crippen LogP contribution in [0.15, 0.2) is 71.3 Å². The maximum atomic E-state index is 13.7. The van der Waals surface area contributed by atoms with Crippen molar-refractivity contribution in [2.45, 2.75) is 6.54 Å². The molecular formula is C22H13ClF2N2O. The number of furan rings is 1. The predicted octanol–water partition coefficient (Wildman–Crippen LogP) is 6.43. The fourth-order valence-corrected chi connectivity index (χ4v) is 3.62. The Labute approximate surface area is 163 Å². The Morgan fingerprint density at radius 2 is 1.86 bits per heavy atom. The van der Waals surface area contributed by atoms with Crippen molar-refractivity contribution in [3.63, 3.8) is 0 Å². The molecule has 6 heteroatoms. The molecule has 0 unspecified atom stereocenters. The second-order valence-corrected chi connectivity index (χ2v) is 6.98. The zero-order valence-corrected chi connectivity index (χ0v) is 15.3. The third kappa shape index (κ3) is 2.75. The highest BCUT2D eigenvalue weighted by atomic mass is 35.5. The van der Waals surface area contributed by atoms with Crippen molar-refractivity contribution >= 4 is 33.6 Å². The van der Waals surface area contributed by atoms with Gasteiger partial charge in [-0.2, -0.15) is 0 Å². The molecule has 3 aromatic carbocycles. The standard InChI is InChI=1S/C22H13ClF2N2O/c23-15-5-7-20-19(11-15)26-22(16-3-1-2-14-8-9-28-21(14)16)27(20)12-13-4-6-17(24)18(25)10-13/h1-11H,12H2. The van der Waals surface area contributed by atoms with Crippen molar-refractivity contribution in [1.82, 2.24) is 9.55 Å². The van der Waals surface area contributed by atoms with E-state index in [1.165, 1.54) is 6.07 Å². The van der Waals surface area contributed by atoms with E-state index in [2.05, 4.69) is 0 Å². The van der Waals surface area contributed by atoms with E-state index in [4.69, 9.17) is 21.0 Å². The number of para-hydroxylation sites is 1. The van der Waals surface area contributed by atoms with Gasteiger partial charge >= 0.3 is 0 Å². The van der Waals surface area contributed by atoms with E-state index in [1.54, 1.807) is 24.5 Å². The zero-order chi connectivity index (χ0) is 19.3. The van der Waals surface area contributed by atoms with Gasteiger partial charge in [-0.1, -0.05) is 29.8 Å². The minimum absolute atomic E-state index is 0.321. The summed E-state index contributed by atoms with van der Waals surface area (Å²) < 4.78 is 34.7. The summed E-state index contributed by atoms with van der Waals surface area (Å²) in [7, 11) is 0. The number of aromatic nitrogens is 2. The minimum atomic E-state index is -0.875. The molecule has 3 nitrogen and oxygen atoms in total. The van der Waals surface area contributed by atoms with Crippen LogP contribution in [0.1, 0.15) is 5.56 Å². The maximum Gasteiger partial charge on any atom is 0.159 e. The third-order valence-corrected chi connectivity index (χ3v) is 4.99. The van der Waals surface area contributed by atoms with Crippen molar-refractivity contribution in [3.05, 3.63) is 89.1 Å². The Bertz CT molecular complexity index is 1340. The van der Waals surface area contributed by atoms with Gasteiger partial charge in [0.05, 0.1) is 22.9 Å². The molecule has 0 aliphatic rings. The van der Waals surface area contributed by atoms with Gasteiger partial charge in [0.1, 0.15) is 11.4 Å². The van der Waals surface area contributed by atoms with Crippen LogP contribution in [0.3, 0.4) is 0 Å². The fraction of sp³-hybridized carbons (Fsp3) is 0.0455. The highest BCUT2D eigenvalue weighted by molar-refractivity contribution is 6.31. The van der Waals surface area contributed by atoms with Crippen LogP contribution >= 0.6 is 11.6 Å². The second kappa shape index (κ2) is 6.46. The average Bonchev–Trinajstić information content (AvgIpc) is 3.29. The molecule has 0 atom stereocenters. The topological polar surface area (TPSA) is 31.0 Å². The number of nitrogens with zero attached hydrogens (tertiary/aromatic N) is 2. The van der Waals surface area contributed by atoms with Gasteiger partial charge in [-0.05, 0) is 48.0 Å². The molecule has 0 radical (unpaired) electrons. The molecule has 2 aromatic heterocycles. The van der Waals surface area contributed by atoms with Crippen LogP contribution < -0.4 is 0 Å². The lowest BCUT2D eigenvalue weighted by Crippen LogP contribution is -2.03. The molecule has 2 heterocycles. The number of halogens is 3. The largest absolute Gasteiger partial charge is 0.464 e. The normalized spacial score (nSPS) is 11.5. The summed E-state index contributed by atoms with van der Waals surface area (Å²) in [6, 6.07) is 17.0. The summed E-state index contributed by atoms with van der Waals surface area (Å²) in [5.41, 5.74) is 3.72. The van der Waals surface area contributed by atoms with Gasteiger partial charge in [0.25, 0.3) is 0 Å². The lowest BCUT2D eigenvalue weighted by atomic mass is 10.1. The molecule has 0 fully saturated rings. The molecule has 0 saturated heterocycles. The van der Waals surface area contributed by atoms with Gasteiger partial charge < -0.3 is 8.98 Å². The van der Waals surface area contributed by atoms with E-state index < -0.39 is 11.6 Å². The highest BCUT2D eigenvalue weighted by Gasteiger charge is 2.17. The quantitative estimate of drug-likeness (QED) is 0.353. The minimum Gasteiger partial charge on any atom is -0.464 e. The van der Waals surface area contributed by atoms with Gasteiger partial charge in [0.2, 0.25) is 0 Å². The Morgan fingerprint density at radius 1 is 0.964 bits per heavy atom. The van der Waals surface area contributed by atoms with E-state index in [9.17, 15) is 8.78 Å². The lowest BCUT2D eigenvalue weighted by molar-refractivity contribution is 0.506. The highest BCUT2D eigenvalue weighted by Crippen LogP contribution is 2.33. The maximum absolute atomic E-state index is 13.7. The van der Waals surface area contributed by atoms with E-state index in [1.807, 2.05) is 34.9 Å². The van der Waals surface area contributed by atoms with Gasteiger partial charge in [-0.15, -0.1) is 0 Å². The predicted molar refractivity (Wildman–Crippen MR) is 105 cm³/mol. The molecule has 0 saturated carbocycles. The second-order valence-electron chi connectivity index (χ2n) is 6.55. The number of imidazole rings is 1. The summed E-state index contributed by atoms with van der Waals surface area (Å²) in [4.78, 5) is 4.76. The molecule has 0 spiro atoms. The molecule has 0 amide bonds. The lowest BCUT2D eigenvalue weighted by Gasteiger charge is -2.10. The van der Waals surface area contributed by atoms with Crippen LogP contribution in [-0.2, 0) is 6.54 Å². The van der Waals surface area contributed by atoms with Gasteiger partial charge in [0, 0.05) is 17.0 Å². The first-order chi connectivity index (χ1) is 13.6. The monoisotopic (exact) mass is 394 g/mol. The van der Waals surface area contributed by atoms with Crippen LogP contribution in [0.5, 0.6) is 0 Å². The Kier molecular flexibility index (Phi) is 3.91. The SMILES string of the molecule is Fc1ccc(Cn2c(-c3cccc4ccoc34)nc3cc(Cl)ccc32)cc1F. The smallest absolute Gasteiger partial charge is 0.159 e. The molecule has 0 N–H and O–H groups in total. The van der Waals surface area contributed by atoms with Gasteiger partial charge in [-0.3, -0.25) is 0 Å².